The van der Waals surface area contributed by atoms with E-state index < -0.39 is 34.0 Å². The van der Waals surface area contributed by atoms with E-state index in [1.54, 1.807) is 51.3 Å². The van der Waals surface area contributed by atoms with Crippen LogP contribution >= 0.6 is 11.6 Å². The number of amides is 1. The highest BCUT2D eigenvalue weighted by molar-refractivity contribution is 6.28. The lowest BCUT2D eigenvalue weighted by molar-refractivity contribution is -0.385. The van der Waals surface area contributed by atoms with Gasteiger partial charge in [-0.1, -0.05) is 0 Å². The van der Waals surface area contributed by atoms with Crippen molar-refractivity contribution in [2.75, 3.05) is 24.6 Å². The minimum Gasteiger partial charge on any atom is -0.461 e. The predicted molar refractivity (Wildman–Crippen MR) is 109 cm³/mol. The summed E-state index contributed by atoms with van der Waals surface area (Å²) < 4.78 is 10.3. The highest BCUT2D eigenvalue weighted by Gasteiger charge is 2.40. The molecule has 1 saturated heterocycles. The summed E-state index contributed by atoms with van der Waals surface area (Å²) in [4.78, 5) is 46.8. The Morgan fingerprint density at radius 2 is 1.87 bits per heavy atom. The number of anilines is 1. The first-order valence-corrected chi connectivity index (χ1v) is 9.88. The zero-order valence-electron chi connectivity index (χ0n) is 17.8. The lowest BCUT2D eigenvalue weighted by Crippen LogP contribution is -2.59. The number of nitro groups is 1. The smallest absolute Gasteiger partial charge is 0.410 e. The Morgan fingerprint density at radius 1 is 1.23 bits per heavy atom. The van der Waals surface area contributed by atoms with Gasteiger partial charge in [0.2, 0.25) is 16.8 Å². The Kier molecular flexibility index (Phi) is 7.06. The summed E-state index contributed by atoms with van der Waals surface area (Å²) in [6.45, 7) is 11.0. The highest BCUT2D eigenvalue weighted by Crippen LogP contribution is 2.34. The van der Waals surface area contributed by atoms with Gasteiger partial charge in [-0.3, -0.25) is 10.1 Å². The highest BCUT2D eigenvalue weighted by atomic mass is 35.5. The van der Waals surface area contributed by atoms with Crippen molar-refractivity contribution in [2.45, 2.75) is 59.2 Å². The van der Waals surface area contributed by atoms with E-state index >= 15 is 0 Å². The van der Waals surface area contributed by atoms with Crippen molar-refractivity contribution in [3.63, 3.8) is 0 Å². The predicted octanol–water partition coefficient (Wildman–Crippen LogP) is 3.05. The molecule has 1 fully saturated rings. The SMILES string of the molecule is CCOC(=O)c1nc(Cl)nc(N2C[C@H](C)N(C(=O)OC(C)(C)C)C[C@@H]2C)c1[N+](=O)[O-]. The summed E-state index contributed by atoms with van der Waals surface area (Å²) in [5, 5.41) is 11.5. The van der Waals surface area contributed by atoms with Crippen molar-refractivity contribution in [3.8, 4) is 0 Å². The first kappa shape index (κ1) is 23.6. The molecule has 0 bridgehead atoms. The van der Waals surface area contributed by atoms with Gasteiger partial charge in [-0.25, -0.2) is 14.6 Å². The molecular formula is C18H26ClN5O6. The number of rotatable bonds is 4. The molecule has 11 nitrogen and oxygen atoms in total. The van der Waals surface area contributed by atoms with Crippen LogP contribution in [0.1, 0.15) is 52.0 Å². The molecule has 166 valence electrons. The van der Waals surface area contributed by atoms with Gasteiger partial charge in [0, 0.05) is 25.2 Å². The van der Waals surface area contributed by atoms with Crippen LogP contribution in [0.5, 0.6) is 0 Å². The Hall–Kier alpha value is -2.69. The number of halogens is 1. The van der Waals surface area contributed by atoms with Crippen molar-refractivity contribution >= 4 is 35.2 Å². The second kappa shape index (κ2) is 8.99. The Morgan fingerprint density at radius 3 is 2.40 bits per heavy atom. The van der Waals surface area contributed by atoms with Crippen LogP contribution in [0, 0.1) is 10.1 Å². The Bertz CT molecular complexity index is 843. The number of esters is 1. The van der Waals surface area contributed by atoms with Gasteiger partial charge < -0.3 is 19.3 Å². The number of carbonyl (C=O) groups excluding carboxylic acids is 2. The third-order valence-corrected chi connectivity index (χ3v) is 4.54. The van der Waals surface area contributed by atoms with Crippen LogP contribution in [-0.2, 0) is 9.47 Å². The average molecular weight is 444 g/mol. The van der Waals surface area contributed by atoms with Gasteiger partial charge in [-0.2, -0.15) is 4.98 Å². The third kappa shape index (κ3) is 5.26. The van der Waals surface area contributed by atoms with Crippen molar-refractivity contribution < 1.29 is 24.0 Å². The van der Waals surface area contributed by atoms with Gasteiger partial charge in [0.05, 0.1) is 11.5 Å². The number of carbonyl (C=O) groups is 2. The van der Waals surface area contributed by atoms with Crippen molar-refractivity contribution in [1.29, 1.82) is 0 Å². The zero-order chi connectivity index (χ0) is 22.8. The number of hydrogen-bond donors (Lipinski definition) is 0. The second-order valence-electron chi connectivity index (χ2n) is 7.97. The molecule has 0 saturated carbocycles. The summed E-state index contributed by atoms with van der Waals surface area (Å²) in [5.74, 6) is -1.05. The minimum absolute atomic E-state index is 0.0228. The average Bonchev–Trinajstić information content (AvgIpc) is 2.60. The van der Waals surface area contributed by atoms with E-state index in [2.05, 4.69) is 9.97 Å². The van der Waals surface area contributed by atoms with Gasteiger partial charge >= 0.3 is 17.7 Å². The molecule has 0 unspecified atom stereocenters. The fourth-order valence-corrected chi connectivity index (χ4v) is 3.29. The van der Waals surface area contributed by atoms with Gasteiger partial charge in [0.25, 0.3) is 0 Å². The number of hydrogen-bond acceptors (Lipinski definition) is 9. The molecule has 0 spiro atoms. The maximum absolute atomic E-state index is 12.5. The molecule has 0 N–H and O–H groups in total. The van der Waals surface area contributed by atoms with E-state index in [1.165, 1.54) is 0 Å². The standard InChI is InChI=1S/C18H26ClN5O6/c1-7-29-15(25)12-13(24(27)28)14(21-16(19)20-12)22-8-11(3)23(9-10(22)2)17(26)30-18(4,5)6/h10-11H,7-9H2,1-6H3/t10-,11-/m0/s1. The Balaban J connectivity index is 2.42. The van der Waals surface area contributed by atoms with E-state index in [4.69, 9.17) is 21.1 Å². The monoisotopic (exact) mass is 443 g/mol. The molecule has 2 atom stereocenters. The molecule has 1 aromatic rings. The van der Waals surface area contributed by atoms with Crippen LogP contribution in [0.4, 0.5) is 16.3 Å². The molecule has 1 aliphatic rings. The van der Waals surface area contributed by atoms with Gasteiger partial charge in [0.1, 0.15) is 5.60 Å². The van der Waals surface area contributed by atoms with Gasteiger partial charge in [-0.05, 0) is 53.1 Å². The van der Waals surface area contributed by atoms with Crippen molar-refractivity contribution in [3.05, 3.63) is 21.1 Å². The number of nitrogens with zero attached hydrogens (tertiary/aromatic N) is 5. The van der Waals surface area contributed by atoms with Crippen molar-refractivity contribution in [2.24, 2.45) is 0 Å². The summed E-state index contributed by atoms with van der Waals surface area (Å²) in [5.41, 5.74) is -1.74. The summed E-state index contributed by atoms with van der Waals surface area (Å²) in [6, 6.07) is -0.705. The molecular weight excluding hydrogens is 418 g/mol. The number of aromatic nitrogens is 2. The van der Waals surface area contributed by atoms with E-state index in [9.17, 15) is 19.7 Å². The summed E-state index contributed by atoms with van der Waals surface area (Å²) in [7, 11) is 0. The van der Waals surface area contributed by atoms with E-state index in [0.29, 0.717) is 0 Å². The summed E-state index contributed by atoms with van der Waals surface area (Å²) in [6.07, 6.45) is -0.469. The normalized spacial score (nSPS) is 19.4. The van der Waals surface area contributed by atoms with Crippen molar-refractivity contribution in [1.82, 2.24) is 14.9 Å². The topological polar surface area (TPSA) is 128 Å². The molecule has 2 heterocycles. The van der Waals surface area contributed by atoms with Crippen LogP contribution in [0.25, 0.3) is 0 Å². The first-order chi connectivity index (χ1) is 13.9. The zero-order valence-corrected chi connectivity index (χ0v) is 18.6. The quantitative estimate of drug-likeness (QED) is 0.298. The van der Waals surface area contributed by atoms with E-state index in [-0.39, 0.29) is 42.9 Å². The fourth-order valence-electron chi connectivity index (χ4n) is 3.12. The lowest BCUT2D eigenvalue weighted by Gasteiger charge is -2.44. The van der Waals surface area contributed by atoms with Crippen LogP contribution in [0.2, 0.25) is 5.28 Å². The van der Waals surface area contributed by atoms with Gasteiger partial charge in [-0.15, -0.1) is 0 Å². The molecule has 0 radical (unpaired) electrons. The molecule has 0 aromatic carbocycles. The molecule has 0 aliphatic carbocycles. The fraction of sp³-hybridized carbons (Fsp3) is 0.667. The molecule has 1 aromatic heterocycles. The second-order valence-corrected chi connectivity index (χ2v) is 8.31. The van der Waals surface area contributed by atoms with Crippen LogP contribution < -0.4 is 4.90 Å². The van der Waals surface area contributed by atoms with Crippen LogP contribution in [-0.4, -0.2) is 69.2 Å². The molecule has 30 heavy (non-hydrogen) atoms. The van der Waals surface area contributed by atoms with Gasteiger partial charge in [0.15, 0.2) is 0 Å². The maximum Gasteiger partial charge on any atom is 0.410 e. The van der Waals surface area contributed by atoms with E-state index in [0.717, 1.165) is 0 Å². The minimum atomic E-state index is -0.956. The van der Waals surface area contributed by atoms with Crippen LogP contribution in [0.3, 0.4) is 0 Å². The number of ether oxygens (including phenoxy) is 2. The third-order valence-electron chi connectivity index (χ3n) is 4.38. The lowest BCUT2D eigenvalue weighted by atomic mass is 10.1. The molecule has 2 rings (SSSR count). The Labute approximate surface area is 179 Å². The van der Waals surface area contributed by atoms with E-state index in [1.807, 2.05) is 0 Å². The van der Waals surface area contributed by atoms with Crippen LogP contribution in [0.15, 0.2) is 0 Å². The first-order valence-electron chi connectivity index (χ1n) is 9.51. The summed E-state index contributed by atoms with van der Waals surface area (Å²) >= 11 is 5.96. The molecule has 1 aliphatic heterocycles. The molecule has 1 amide bonds. The molecule has 12 heteroatoms. The number of piperazine rings is 1. The maximum atomic E-state index is 12.5. The largest absolute Gasteiger partial charge is 0.461 e.